The molecule has 0 saturated carbocycles. The lowest BCUT2D eigenvalue weighted by Gasteiger charge is -2.30. The highest BCUT2D eigenvalue weighted by Crippen LogP contribution is 2.24. The van der Waals surface area contributed by atoms with Crippen molar-refractivity contribution in [2.75, 3.05) is 36.0 Å². The molecule has 2 aliphatic heterocycles. The summed E-state index contributed by atoms with van der Waals surface area (Å²) in [5.41, 5.74) is 5.87. The van der Waals surface area contributed by atoms with Crippen molar-refractivity contribution in [1.29, 1.82) is 0 Å². The maximum absolute atomic E-state index is 11.5. The van der Waals surface area contributed by atoms with Crippen LogP contribution < -0.4 is 4.90 Å². The van der Waals surface area contributed by atoms with Crippen molar-refractivity contribution in [2.24, 2.45) is 4.99 Å². The Morgan fingerprint density at radius 3 is 2.62 bits per heavy atom. The van der Waals surface area contributed by atoms with Gasteiger partial charge in [-0.1, -0.05) is 23.3 Å². The van der Waals surface area contributed by atoms with Gasteiger partial charge in [-0.3, -0.25) is 9.98 Å². The molecule has 0 amide bonds. The Morgan fingerprint density at radius 2 is 1.88 bits per heavy atom. The van der Waals surface area contributed by atoms with Crippen molar-refractivity contribution in [1.82, 2.24) is 4.98 Å². The summed E-state index contributed by atoms with van der Waals surface area (Å²) >= 11 is -0.636. The van der Waals surface area contributed by atoms with Gasteiger partial charge in [0, 0.05) is 30.2 Å². The number of aromatic nitrogens is 1. The number of nitrogens with zero attached hydrogens (tertiary/aromatic N) is 3. The Bertz CT molecular complexity index is 794. The molecule has 4 nitrogen and oxygen atoms in total. The molecule has 3 heterocycles. The molecule has 134 valence electrons. The molecule has 4 rings (SSSR count). The smallest absolute Gasteiger partial charge is 0.123 e. The first-order chi connectivity index (χ1) is 12.8. The zero-order valence-corrected chi connectivity index (χ0v) is 15.6. The fraction of sp³-hybridized carbons (Fsp3) is 0.333. The van der Waals surface area contributed by atoms with Crippen LogP contribution in [-0.2, 0) is 11.2 Å². The van der Waals surface area contributed by atoms with Gasteiger partial charge < -0.3 is 9.45 Å². The average molecular weight is 366 g/mol. The molecular formula is C21H23N3OS. The first-order valence-electron chi connectivity index (χ1n) is 9.15. The molecular weight excluding hydrogens is 342 g/mol. The van der Waals surface area contributed by atoms with Gasteiger partial charge in [-0.15, -0.1) is 0 Å². The van der Waals surface area contributed by atoms with Gasteiger partial charge in [0.15, 0.2) is 0 Å². The van der Waals surface area contributed by atoms with Crippen LogP contribution in [-0.4, -0.2) is 46.4 Å². The van der Waals surface area contributed by atoms with Crippen molar-refractivity contribution < 1.29 is 4.55 Å². The SMILES string of the molecule is [O-][S+]1CCN(c2ccc(C=C3CCCN=C3c3cccnc3)cc2)CC1. The van der Waals surface area contributed by atoms with Gasteiger partial charge in [-0.25, -0.2) is 0 Å². The van der Waals surface area contributed by atoms with Gasteiger partial charge in [0.2, 0.25) is 0 Å². The molecule has 5 heteroatoms. The second-order valence-corrected chi connectivity index (χ2v) is 8.37. The summed E-state index contributed by atoms with van der Waals surface area (Å²) in [6.45, 7) is 2.65. The topological polar surface area (TPSA) is 51.5 Å². The maximum atomic E-state index is 11.5. The quantitative estimate of drug-likeness (QED) is 0.784. The fourth-order valence-electron chi connectivity index (χ4n) is 3.48. The molecule has 0 bridgehead atoms. The van der Waals surface area contributed by atoms with Crippen LogP contribution in [0.15, 0.2) is 59.4 Å². The van der Waals surface area contributed by atoms with Gasteiger partial charge >= 0.3 is 0 Å². The molecule has 0 aliphatic carbocycles. The summed E-state index contributed by atoms with van der Waals surface area (Å²) in [4.78, 5) is 11.3. The second kappa shape index (κ2) is 8.06. The Balaban J connectivity index is 1.53. The van der Waals surface area contributed by atoms with E-state index in [2.05, 4.69) is 46.3 Å². The largest absolute Gasteiger partial charge is 0.616 e. The monoisotopic (exact) mass is 365 g/mol. The lowest BCUT2D eigenvalue weighted by molar-refractivity contribution is 0.586. The van der Waals surface area contributed by atoms with E-state index in [0.717, 1.165) is 55.3 Å². The zero-order valence-electron chi connectivity index (χ0n) is 14.8. The van der Waals surface area contributed by atoms with Crippen molar-refractivity contribution in [3.8, 4) is 0 Å². The van der Waals surface area contributed by atoms with Crippen LogP contribution >= 0.6 is 0 Å². The third kappa shape index (κ3) is 4.00. The summed E-state index contributed by atoms with van der Waals surface area (Å²) in [6, 6.07) is 12.7. The molecule has 0 unspecified atom stereocenters. The molecule has 1 aromatic carbocycles. The number of hydrogen-bond donors (Lipinski definition) is 0. The van der Waals surface area contributed by atoms with Gasteiger partial charge in [0.1, 0.15) is 11.5 Å². The first-order valence-corrected chi connectivity index (χ1v) is 10.6. The Hall–Kier alpha value is -2.11. The minimum absolute atomic E-state index is 0.636. The number of hydrogen-bond acceptors (Lipinski definition) is 4. The average Bonchev–Trinajstić information content (AvgIpc) is 2.70. The van der Waals surface area contributed by atoms with E-state index in [1.165, 1.54) is 16.8 Å². The third-order valence-electron chi connectivity index (χ3n) is 4.89. The van der Waals surface area contributed by atoms with Crippen LogP contribution in [0.2, 0.25) is 0 Å². The second-order valence-electron chi connectivity index (χ2n) is 6.67. The number of allylic oxidation sites excluding steroid dienone is 1. The Kier molecular flexibility index (Phi) is 5.37. The Labute approximate surface area is 157 Å². The van der Waals surface area contributed by atoms with Crippen molar-refractivity contribution in [3.63, 3.8) is 0 Å². The van der Waals surface area contributed by atoms with Crippen LogP contribution in [0.3, 0.4) is 0 Å². The predicted octanol–water partition coefficient (Wildman–Crippen LogP) is 3.32. The molecule has 0 spiro atoms. The molecule has 2 aliphatic rings. The highest BCUT2D eigenvalue weighted by Gasteiger charge is 2.19. The standard InChI is InChI=1S/C21H23N3OS/c25-26-13-11-24(12-14-26)20-7-5-17(6-8-20)15-18-3-2-10-23-21(18)19-4-1-9-22-16-19/h1,4-9,15-16H,2-3,10-14H2. The highest BCUT2D eigenvalue weighted by atomic mass is 32.2. The lowest BCUT2D eigenvalue weighted by Crippen LogP contribution is -2.40. The van der Waals surface area contributed by atoms with Crippen LogP contribution in [0.5, 0.6) is 0 Å². The molecule has 0 atom stereocenters. The lowest BCUT2D eigenvalue weighted by atomic mass is 9.95. The number of benzene rings is 1. The summed E-state index contributed by atoms with van der Waals surface area (Å²) in [5, 5.41) is 0. The Morgan fingerprint density at radius 1 is 1.08 bits per heavy atom. The summed E-state index contributed by atoms with van der Waals surface area (Å²) < 4.78 is 11.5. The summed E-state index contributed by atoms with van der Waals surface area (Å²) in [7, 11) is 0. The summed E-state index contributed by atoms with van der Waals surface area (Å²) in [5.74, 6) is 1.55. The first kappa shape index (κ1) is 17.3. The summed E-state index contributed by atoms with van der Waals surface area (Å²) in [6.07, 6.45) is 8.08. The van der Waals surface area contributed by atoms with E-state index in [1.54, 1.807) is 6.20 Å². The van der Waals surface area contributed by atoms with E-state index in [9.17, 15) is 4.55 Å². The number of anilines is 1. The van der Waals surface area contributed by atoms with Gasteiger partial charge in [0.25, 0.3) is 0 Å². The molecule has 26 heavy (non-hydrogen) atoms. The molecule has 0 radical (unpaired) electrons. The van der Waals surface area contributed by atoms with Gasteiger partial charge in [-0.05, 0) is 54.3 Å². The molecule has 1 fully saturated rings. The van der Waals surface area contributed by atoms with E-state index in [0.29, 0.717) is 0 Å². The minimum Gasteiger partial charge on any atom is -0.616 e. The number of pyridine rings is 1. The maximum Gasteiger partial charge on any atom is 0.123 e. The van der Waals surface area contributed by atoms with Crippen LogP contribution in [0.1, 0.15) is 24.0 Å². The third-order valence-corrected chi connectivity index (χ3v) is 6.17. The minimum atomic E-state index is -0.636. The van der Waals surface area contributed by atoms with E-state index in [-0.39, 0.29) is 0 Å². The van der Waals surface area contributed by atoms with Crippen LogP contribution in [0.4, 0.5) is 5.69 Å². The predicted molar refractivity (Wildman–Crippen MR) is 109 cm³/mol. The van der Waals surface area contributed by atoms with Crippen LogP contribution in [0, 0.1) is 0 Å². The highest BCUT2D eigenvalue weighted by molar-refractivity contribution is 7.91. The fourth-order valence-corrected chi connectivity index (χ4v) is 4.53. The van der Waals surface area contributed by atoms with Gasteiger partial charge in [-0.2, -0.15) is 0 Å². The molecule has 2 aromatic rings. The van der Waals surface area contributed by atoms with E-state index < -0.39 is 11.2 Å². The van der Waals surface area contributed by atoms with Crippen molar-refractivity contribution in [3.05, 3.63) is 65.5 Å². The normalized spacial score (nSPS) is 20.3. The van der Waals surface area contributed by atoms with E-state index in [1.807, 2.05) is 12.3 Å². The zero-order chi connectivity index (χ0) is 17.8. The van der Waals surface area contributed by atoms with E-state index >= 15 is 0 Å². The van der Waals surface area contributed by atoms with E-state index in [4.69, 9.17) is 4.99 Å². The van der Waals surface area contributed by atoms with Crippen molar-refractivity contribution >= 4 is 28.7 Å². The molecule has 1 aromatic heterocycles. The molecule has 1 saturated heterocycles. The van der Waals surface area contributed by atoms with Crippen LogP contribution in [0.25, 0.3) is 6.08 Å². The molecule has 0 N–H and O–H groups in total. The van der Waals surface area contributed by atoms with Crippen molar-refractivity contribution in [2.45, 2.75) is 12.8 Å². The van der Waals surface area contributed by atoms with Gasteiger partial charge in [0.05, 0.1) is 18.8 Å². The number of rotatable bonds is 3. The number of aliphatic imine (C=N–C) groups is 1.